The van der Waals surface area contributed by atoms with Crippen LogP contribution in [0.3, 0.4) is 0 Å². The van der Waals surface area contributed by atoms with Crippen molar-refractivity contribution in [1.29, 1.82) is 0 Å². The second-order valence-electron chi connectivity index (χ2n) is 6.46. The summed E-state index contributed by atoms with van der Waals surface area (Å²) >= 11 is -2.51. The Morgan fingerprint density at radius 3 is 1.71 bits per heavy atom. The van der Waals surface area contributed by atoms with Crippen LogP contribution in [0.1, 0.15) is 27.9 Å². The van der Waals surface area contributed by atoms with Gasteiger partial charge >= 0.3 is 162 Å². The van der Waals surface area contributed by atoms with E-state index in [1.165, 1.54) is 11.1 Å². The van der Waals surface area contributed by atoms with E-state index in [-0.39, 0.29) is 24.8 Å². The van der Waals surface area contributed by atoms with Gasteiger partial charge in [-0.15, -0.1) is 24.8 Å². The maximum Gasteiger partial charge on any atom is -0.147 e. The molecule has 0 fully saturated rings. The van der Waals surface area contributed by atoms with Crippen LogP contribution in [0, 0.1) is 27.7 Å². The molecular weight excluding hydrogens is 429 g/mol. The van der Waals surface area contributed by atoms with Crippen LogP contribution in [0.4, 0.5) is 0 Å². The number of benzene rings is 2. The third-order valence-electron chi connectivity index (χ3n) is 4.04. The van der Waals surface area contributed by atoms with Gasteiger partial charge in [-0.2, -0.15) is 0 Å². The second-order valence-corrected chi connectivity index (χ2v) is 8.54. The maximum atomic E-state index is 6.34. The minimum absolute atomic E-state index is 0. The fourth-order valence-electron chi connectivity index (χ4n) is 2.71. The summed E-state index contributed by atoms with van der Waals surface area (Å²) in [5, 5.41) is 0. The van der Waals surface area contributed by atoms with Gasteiger partial charge in [-0.3, -0.25) is 0 Å². The van der Waals surface area contributed by atoms with Crippen molar-refractivity contribution >= 4 is 29.1 Å². The standard InChI is InChI=1S/2C8H10O.C6H5N.2ClH.Ti/c2*1-6-3-4-8(9)7(2)5-6;1-6-4-2-3-5-7-6;;;/h2*3-5,9H,1-2H3;1-5H;2*1H;/q;;;;;+2/p-2. The van der Waals surface area contributed by atoms with E-state index in [4.69, 9.17) is 6.64 Å². The van der Waals surface area contributed by atoms with Crippen LogP contribution in [-0.2, 0) is 18.2 Å². The summed E-state index contributed by atoms with van der Waals surface area (Å²) < 4.78 is 14.7. The average molecular weight is 454 g/mol. The molecule has 1 heterocycles. The van der Waals surface area contributed by atoms with E-state index in [9.17, 15) is 0 Å². The first-order valence-electron chi connectivity index (χ1n) is 8.64. The van der Waals surface area contributed by atoms with E-state index in [0.717, 1.165) is 28.3 Å². The van der Waals surface area contributed by atoms with Gasteiger partial charge in [0, 0.05) is 0 Å². The van der Waals surface area contributed by atoms with Gasteiger partial charge in [0.15, 0.2) is 0 Å². The summed E-state index contributed by atoms with van der Waals surface area (Å²) in [6.45, 7) is 8.30. The van der Waals surface area contributed by atoms with Gasteiger partial charge in [-0.25, -0.2) is 0 Å². The molecule has 6 heteroatoms. The summed E-state index contributed by atoms with van der Waals surface area (Å²) in [5.74, 6) is 1.75. The Labute approximate surface area is 186 Å². The smallest absolute Gasteiger partial charge is 0.147 e. The van der Waals surface area contributed by atoms with E-state index in [1.54, 1.807) is 6.20 Å². The molecule has 0 aliphatic carbocycles. The fraction of sp³-hybridized carbons (Fsp3) is 0.182. The molecule has 3 rings (SSSR count). The van der Waals surface area contributed by atoms with Crippen LogP contribution in [0.5, 0.6) is 11.5 Å². The first-order valence-corrected chi connectivity index (χ1v) is 10.8. The molecule has 0 saturated heterocycles. The summed E-state index contributed by atoms with van der Waals surface area (Å²) in [6.07, 6.45) is 1.79. The Morgan fingerprint density at radius 2 is 1.29 bits per heavy atom. The fourth-order valence-corrected chi connectivity index (χ4v) is 4.99. The van der Waals surface area contributed by atoms with Crippen molar-refractivity contribution in [3.63, 3.8) is 0 Å². The number of nitrogens with zero attached hydrogens (tertiary/aromatic N) is 1. The molecule has 0 spiro atoms. The normalized spacial score (nSPS) is 9.57. The quantitative estimate of drug-likeness (QED) is 0.449. The molecular formula is C22H25Cl2NO2Ti. The number of hydrogen-bond acceptors (Lipinski definition) is 3. The molecule has 2 aromatic carbocycles. The molecule has 0 N–H and O–H groups in total. The topological polar surface area (TPSA) is 31.4 Å². The van der Waals surface area contributed by atoms with Crippen molar-refractivity contribution in [2.24, 2.45) is 0 Å². The molecule has 0 saturated carbocycles. The average Bonchev–Trinajstić information content (AvgIpc) is 2.60. The molecule has 3 nitrogen and oxygen atoms in total. The Balaban J connectivity index is 0.00000196. The van der Waals surface area contributed by atoms with Crippen LogP contribution in [0.15, 0.2) is 60.8 Å². The zero-order valence-corrected chi connectivity index (χ0v) is 19.6. The molecule has 0 aliphatic rings. The van der Waals surface area contributed by atoms with E-state index < -0.39 is 18.2 Å². The predicted octanol–water partition coefficient (Wildman–Crippen LogP) is 5.92. The third kappa shape index (κ3) is 6.75. The molecule has 0 amide bonds. The van der Waals surface area contributed by atoms with E-state index >= 15 is 0 Å². The summed E-state index contributed by atoms with van der Waals surface area (Å²) in [4.78, 5) is 4.40. The molecule has 0 radical (unpaired) electrons. The second kappa shape index (κ2) is 11.4. The van der Waals surface area contributed by atoms with Gasteiger partial charge in [-0.1, -0.05) is 0 Å². The van der Waals surface area contributed by atoms with E-state index in [2.05, 4.69) is 61.3 Å². The Hall–Kier alpha value is -1.65. The molecule has 0 aliphatic heterocycles. The van der Waals surface area contributed by atoms with Crippen molar-refractivity contribution in [2.45, 2.75) is 27.7 Å². The summed E-state index contributed by atoms with van der Waals surface area (Å²) in [7, 11) is 0. The molecule has 3 aromatic rings. The van der Waals surface area contributed by atoms with Crippen LogP contribution >= 0.6 is 24.8 Å². The number of hydrogen-bond donors (Lipinski definition) is 0. The first-order chi connectivity index (χ1) is 12.5. The SMILES string of the molecule is Cc1ccc([O][Ti](=[CH]c2ccccn2)[O]c2ccc(C)cc2C)c(C)c1.Cl.Cl. The van der Waals surface area contributed by atoms with Gasteiger partial charge in [0.2, 0.25) is 0 Å². The van der Waals surface area contributed by atoms with Gasteiger partial charge in [-0.05, 0) is 0 Å². The largest absolute Gasteiger partial charge is 0.147 e. The van der Waals surface area contributed by atoms with E-state index in [1.807, 2.05) is 30.3 Å². The number of halogens is 2. The minimum Gasteiger partial charge on any atom is -0.147 e. The molecule has 28 heavy (non-hydrogen) atoms. The number of aryl methyl sites for hydroxylation is 4. The Kier molecular flexibility index (Phi) is 9.91. The number of rotatable bonds is 5. The molecule has 0 bridgehead atoms. The molecule has 148 valence electrons. The van der Waals surface area contributed by atoms with Crippen molar-refractivity contribution in [3.05, 3.63) is 88.7 Å². The van der Waals surface area contributed by atoms with Crippen molar-refractivity contribution in [1.82, 2.24) is 4.98 Å². The molecule has 0 atom stereocenters. The van der Waals surface area contributed by atoms with Crippen molar-refractivity contribution in [3.8, 4) is 11.5 Å². The summed E-state index contributed by atoms with van der Waals surface area (Å²) in [6, 6.07) is 18.3. The maximum absolute atomic E-state index is 6.34. The predicted molar refractivity (Wildman–Crippen MR) is 117 cm³/mol. The Morgan fingerprint density at radius 1 is 0.750 bits per heavy atom. The van der Waals surface area contributed by atoms with Gasteiger partial charge in [0.25, 0.3) is 0 Å². The van der Waals surface area contributed by atoms with Gasteiger partial charge in [0.05, 0.1) is 0 Å². The van der Waals surface area contributed by atoms with Crippen LogP contribution < -0.4 is 6.64 Å². The van der Waals surface area contributed by atoms with Crippen LogP contribution in [0.2, 0.25) is 0 Å². The monoisotopic (exact) mass is 453 g/mol. The third-order valence-corrected chi connectivity index (χ3v) is 6.18. The molecule has 1 aromatic heterocycles. The Bertz CT molecular complexity index is 891. The molecule has 0 unspecified atom stereocenters. The minimum atomic E-state index is -2.51. The van der Waals surface area contributed by atoms with Gasteiger partial charge in [0.1, 0.15) is 0 Å². The van der Waals surface area contributed by atoms with E-state index in [0.29, 0.717) is 0 Å². The zero-order chi connectivity index (χ0) is 18.5. The summed E-state index contributed by atoms with van der Waals surface area (Å²) in [5.41, 5.74) is 5.57. The number of pyridine rings is 1. The number of aromatic nitrogens is 1. The van der Waals surface area contributed by atoms with Crippen molar-refractivity contribution < 1.29 is 24.8 Å². The van der Waals surface area contributed by atoms with Gasteiger partial charge < -0.3 is 0 Å². The van der Waals surface area contributed by atoms with Crippen LogP contribution in [-0.4, -0.2) is 9.30 Å². The van der Waals surface area contributed by atoms with Crippen LogP contribution in [0.25, 0.3) is 0 Å². The first kappa shape index (κ1) is 24.4. The zero-order valence-electron chi connectivity index (χ0n) is 16.4. The van der Waals surface area contributed by atoms with Crippen molar-refractivity contribution in [2.75, 3.05) is 0 Å².